The van der Waals surface area contributed by atoms with Crippen molar-refractivity contribution in [2.24, 2.45) is 5.73 Å². The monoisotopic (exact) mass is 302 g/mol. The minimum Gasteiger partial charge on any atom is -0.457 e. The van der Waals surface area contributed by atoms with E-state index in [9.17, 15) is 0 Å². The SMILES string of the molecule is N#Cc1ccc(Oc2ccc(CN)cc2)cc1Br. The Morgan fingerprint density at radius 2 is 1.78 bits per heavy atom. The van der Waals surface area contributed by atoms with Crippen LogP contribution in [0.2, 0.25) is 0 Å². The summed E-state index contributed by atoms with van der Waals surface area (Å²) in [7, 11) is 0. The van der Waals surface area contributed by atoms with Crippen LogP contribution < -0.4 is 10.5 Å². The molecule has 0 radical (unpaired) electrons. The molecule has 0 saturated heterocycles. The normalized spacial score (nSPS) is 9.83. The standard InChI is InChI=1S/C14H11BrN2O/c15-14-7-13(6-3-11(14)9-17)18-12-4-1-10(8-16)2-5-12/h1-7H,8,16H2. The van der Waals surface area contributed by atoms with Gasteiger partial charge in [-0.25, -0.2) is 0 Å². The summed E-state index contributed by atoms with van der Waals surface area (Å²) >= 11 is 3.32. The van der Waals surface area contributed by atoms with Crippen LogP contribution in [0.3, 0.4) is 0 Å². The number of nitrogens with two attached hydrogens (primary N) is 1. The summed E-state index contributed by atoms with van der Waals surface area (Å²) < 4.78 is 6.40. The molecule has 0 aliphatic rings. The Morgan fingerprint density at radius 1 is 1.11 bits per heavy atom. The minimum absolute atomic E-state index is 0.517. The number of hydrogen-bond acceptors (Lipinski definition) is 3. The van der Waals surface area contributed by atoms with Crippen LogP contribution in [0.5, 0.6) is 11.5 Å². The van der Waals surface area contributed by atoms with E-state index in [1.54, 1.807) is 18.2 Å². The number of nitriles is 1. The smallest absolute Gasteiger partial charge is 0.128 e. The average molecular weight is 303 g/mol. The predicted molar refractivity (Wildman–Crippen MR) is 73.3 cm³/mol. The fraction of sp³-hybridized carbons (Fsp3) is 0.0714. The summed E-state index contributed by atoms with van der Waals surface area (Å²) in [5.74, 6) is 1.42. The van der Waals surface area contributed by atoms with Gasteiger partial charge >= 0.3 is 0 Å². The maximum atomic E-state index is 8.82. The van der Waals surface area contributed by atoms with E-state index in [-0.39, 0.29) is 0 Å². The predicted octanol–water partition coefficient (Wildman–Crippen LogP) is 3.57. The highest BCUT2D eigenvalue weighted by Gasteiger charge is 2.02. The number of ether oxygens (including phenoxy) is 1. The van der Waals surface area contributed by atoms with E-state index in [0.717, 1.165) is 15.8 Å². The van der Waals surface area contributed by atoms with E-state index in [0.29, 0.717) is 17.9 Å². The first-order valence-corrected chi connectivity index (χ1v) is 6.19. The molecule has 0 amide bonds. The lowest BCUT2D eigenvalue weighted by atomic mass is 10.2. The molecule has 3 nitrogen and oxygen atoms in total. The van der Waals surface area contributed by atoms with Crippen molar-refractivity contribution in [1.29, 1.82) is 5.26 Å². The fourth-order valence-corrected chi connectivity index (χ4v) is 1.93. The summed E-state index contributed by atoms with van der Waals surface area (Å²) in [6.45, 7) is 0.517. The number of halogens is 1. The maximum absolute atomic E-state index is 8.82. The van der Waals surface area contributed by atoms with Gasteiger partial charge in [0.05, 0.1) is 5.56 Å². The van der Waals surface area contributed by atoms with Crippen molar-refractivity contribution in [3.63, 3.8) is 0 Å². The average Bonchev–Trinajstić information content (AvgIpc) is 2.40. The molecule has 0 bridgehead atoms. The summed E-state index contributed by atoms with van der Waals surface area (Å²) in [4.78, 5) is 0. The Kier molecular flexibility index (Phi) is 3.98. The molecule has 0 saturated carbocycles. The van der Waals surface area contributed by atoms with Crippen molar-refractivity contribution < 1.29 is 4.74 Å². The molecular weight excluding hydrogens is 292 g/mol. The van der Waals surface area contributed by atoms with Gasteiger partial charge in [-0.15, -0.1) is 0 Å². The second-order valence-electron chi connectivity index (χ2n) is 3.70. The van der Waals surface area contributed by atoms with Gasteiger partial charge in [-0.3, -0.25) is 0 Å². The first-order chi connectivity index (χ1) is 8.72. The molecule has 2 aromatic carbocycles. The van der Waals surface area contributed by atoms with Crippen molar-refractivity contribution in [1.82, 2.24) is 0 Å². The van der Waals surface area contributed by atoms with Gasteiger partial charge in [-0.05, 0) is 51.8 Å². The van der Waals surface area contributed by atoms with Gasteiger partial charge in [0, 0.05) is 11.0 Å². The molecule has 2 aromatic rings. The molecule has 90 valence electrons. The zero-order valence-corrected chi connectivity index (χ0v) is 11.1. The zero-order chi connectivity index (χ0) is 13.0. The van der Waals surface area contributed by atoms with Crippen molar-refractivity contribution in [2.45, 2.75) is 6.54 Å². The molecule has 0 unspecified atom stereocenters. The van der Waals surface area contributed by atoms with Gasteiger partial charge in [0.1, 0.15) is 17.6 Å². The summed E-state index contributed by atoms with van der Waals surface area (Å²) in [6.07, 6.45) is 0. The fourth-order valence-electron chi connectivity index (χ4n) is 1.48. The van der Waals surface area contributed by atoms with Gasteiger partial charge < -0.3 is 10.5 Å². The Hall–Kier alpha value is -1.83. The highest BCUT2D eigenvalue weighted by molar-refractivity contribution is 9.10. The second kappa shape index (κ2) is 5.67. The van der Waals surface area contributed by atoms with Gasteiger partial charge in [-0.1, -0.05) is 12.1 Å². The van der Waals surface area contributed by atoms with E-state index in [1.165, 1.54) is 0 Å². The lowest BCUT2D eigenvalue weighted by Crippen LogP contribution is -1.95. The van der Waals surface area contributed by atoms with E-state index in [1.807, 2.05) is 24.3 Å². The number of benzene rings is 2. The quantitative estimate of drug-likeness (QED) is 0.943. The van der Waals surface area contributed by atoms with E-state index in [2.05, 4.69) is 22.0 Å². The van der Waals surface area contributed by atoms with E-state index in [4.69, 9.17) is 15.7 Å². The van der Waals surface area contributed by atoms with Crippen LogP contribution in [0, 0.1) is 11.3 Å². The summed E-state index contributed by atoms with van der Waals surface area (Å²) in [5, 5.41) is 8.82. The van der Waals surface area contributed by atoms with Crippen molar-refractivity contribution in [2.75, 3.05) is 0 Å². The van der Waals surface area contributed by atoms with Gasteiger partial charge in [0.2, 0.25) is 0 Å². The topological polar surface area (TPSA) is 59.0 Å². The zero-order valence-electron chi connectivity index (χ0n) is 9.56. The Bertz CT molecular complexity index is 588. The molecule has 0 heterocycles. The van der Waals surface area contributed by atoms with Crippen molar-refractivity contribution in [3.05, 3.63) is 58.1 Å². The highest BCUT2D eigenvalue weighted by Crippen LogP contribution is 2.26. The van der Waals surface area contributed by atoms with Crippen LogP contribution in [-0.4, -0.2) is 0 Å². The lowest BCUT2D eigenvalue weighted by molar-refractivity contribution is 0.482. The number of nitrogens with zero attached hydrogens (tertiary/aromatic N) is 1. The Morgan fingerprint density at radius 3 is 2.33 bits per heavy atom. The third-order valence-electron chi connectivity index (χ3n) is 2.46. The molecule has 0 spiro atoms. The molecule has 0 aliphatic heterocycles. The van der Waals surface area contributed by atoms with Crippen LogP contribution >= 0.6 is 15.9 Å². The molecule has 0 aliphatic carbocycles. The van der Waals surface area contributed by atoms with Crippen LogP contribution in [0.1, 0.15) is 11.1 Å². The van der Waals surface area contributed by atoms with Crippen LogP contribution in [0.25, 0.3) is 0 Å². The van der Waals surface area contributed by atoms with Crippen LogP contribution in [-0.2, 0) is 6.54 Å². The second-order valence-corrected chi connectivity index (χ2v) is 4.56. The third-order valence-corrected chi connectivity index (χ3v) is 3.11. The van der Waals surface area contributed by atoms with E-state index < -0.39 is 0 Å². The van der Waals surface area contributed by atoms with Crippen LogP contribution in [0.4, 0.5) is 0 Å². The molecule has 2 N–H and O–H groups in total. The largest absolute Gasteiger partial charge is 0.457 e. The third kappa shape index (κ3) is 2.89. The van der Waals surface area contributed by atoms with E-state index >= 15 is 0 Å². The van der Waals surface area contributed by atoms with Gasteiger partial charge in [0.25, 0.3) is 0 Å². The summed E-state index contributed by atoms with van der Waals surface area (Å²) in [6, 6.07) is 14.9. The molecule has 4 heteroatoms. The maximum Gasteiger partial charge on any atom is 0.128 e. The Labute approximate surface area is 114 Å². The van der Waals surface area contributed by atoms with Gasteiger partial charge in [0.15, 0.2) is 0 Å². The van der Waals surface area contributed by atoms with Crippen molar-refractivity contribution >= 4 is 15.9 Å². The molecule has 0 fully saturated rings. The van der Waals surface area contributed by atoms with Gasteiger partial charge in [-0.2, -0.15) is 5.26 Å². The number of hydrogen-bond donors (Lipinski definition) is 1. The van der Waals surface area contributed by atoms with Crippen molar-refractivity contribution in [3.8, 4) is 17.6 Å². The molecule has 2 rings (SSSR count). The molecular formula is C14H11BrN2O. The molecule has 0 aromatic heterocycles. The summed E-state index contributed by atoms with van der Waals surface area (Å²) in [5.41, 5.74) is 7.17. The first kappa shape index (κ1) is 12.6. The van der Waals surface area contributed by atoms with Crippen LogP contribution in [0.15, 0.2) is 46.9 Å². The lowest BCUT2D eigenvalue weighted by Gasteiger charge is -2.07. The first-order valence-electron chi connectivity index (χ1n) is 5.39. The highest BCUT2D eigenvalue weighted by atomic mass is 79.9. The molecule has 0 atom stereocenters. The Balaban J connectivity index is 2.18. The minimum atomic E-state index is 0.517. The number of rotatable bonds is 3. The molecule has 18 heavy (non-hydrogen) atoms.